The summed E-state index contributed by atoms with van der Waals surface area (Å²) in [5.74, 6) is -0.575. The van der Waals surface area contributed by atoms with E-state index in [1.807, 2.05) is 4.90 Å². The lowest BCUT2D eigenvalue weighted by Gasteiger charge is -2.22. The summed E-state index contributed by atoms with van der Waals surface area (Å²) in [7, 11) is 0. The van der Waals surface area contributed by atoms with Gasteiger partial charge in [-0.15, -0.1) is 0 Å². The number of nitrogens with two attached hydrogens (primary N) is 1. The lowest BCUT2D eigenvalue weighted by Crippen LogP contribution is -2.45. The average molecular weight is 210 g/mol. The molecule has 1 aliphatic heterocycles. The van der Waals surface area contributed by atoms with Crippen LogP contribution in [0.5, 0.6) is 0 Å². The molecule has 0 radical (unpaired) electrons. The first-order valence-electron chi connectivity index (χ1n) is 5.02. The third kappa shape index (κ3) is 1.74. The number of hydrogen-bond acceptors (Lipinski definition) is 4. The van der Waals surface area contributed by atoms with E-state index >= 15 is 0 Å². The minimum absolute atomic E-state index is 0.111. The molecule has 0 bridgehead atoms. The highest BCUT2D eigenvalue weighted by Crippen LogP contribution is 2.28. The maximum atomic E-state index is 11.0. The van der Waals surface area contributed by atoms with Crippen molar-refractivity contribution < 1.29 is 14.7 Å². The van der Waals surface area contributed by atoms with Crippen molar-refractivity contribution in [3.8, 4) is 0 Å². The Labute approximate surface area is 87.5 Å². The summed E-state index contributed by atoms with van der Waals surface area (Å²) in [6.45, 7) is 0.792. The van der Waals surface area contributed by atoms with E-state index in [4.69, 9.17) is 5.73 Å². The lowest BCUT2D eigenvalue weighted by molar-refractivity contribution is -0.134. The SMILES string of the molecule is NC(=O)C1(O)CCN(C2=CC(=O)CC2)C1. The fraction of sp³-hybridized carbons (Fsp3) is 0.600. The van der Waals surface area contributed by atoms with Crippen LogP contribution >= 0.6 is 0 Å². The number of primary amides is 1. The van der Waals surface area contributed by atoms with Crippen molar-refractivity contribution in [2.45, 2.75) is 24.9 Å². The maximum absolute atomic E-state index is 11.0. The van der Waals surface area contributed by atoms with Gasteiger partial charge in [0.05, 0.1) is 6.54 Å². The number of rotatable bonds is 2. The first-order valence-corrected chi connectivity index (χ1v) is 5.02. The summed E-state index contributed by atoms with van der Waals surface area (Å²) < 4.78 is 0. The van der Waals surface area contributed by atoms with Gasteiger partial charge in [0.1, 0.15) is 0 Å². The maximum Gasteiger partial charge on any atom is 0.251 e. The van der Waals surface area contributed by atoms with E-state index in [-0.39, 0.29) is 12.3 Å². The molecular formula is C10H14N2O3. The van der Waals surface area contributed by atoms with E-state index in [0.29, 0.717) is 25.8 Å². The lowest BCUT2D eigenvalue weighted by atomic mass is 10.0. The van der Waals surface area contributed by atoms with E-state index in [9.17, 15) is 14.7 Å². The van der Waals surface area contributed by atoms with Gasteiger partial charge in [0.25, 0.3) is 5.91 Å². The summed E-state index contributed by atoms with van der Waals surface area (Å²) >= 11 is 0. The fourth-order valence-electron chi connectivity index (χ4n) is 2.07. The Morgan fingerprint density at radius 3 is 2.73 bits per heavy atom. The van der Waals surface area contributed by atoms with Crippen molar-refractivity contribution in [2.75, 3.05) is 13.1 Å². The minimum Gasteiger partial charge on any atom is -0.378 e. The number of carbonyl (C=O) groups excluding carboxylic acids is 2. The highest BCUT2D eigenvalue weighted by Gasteiger charge is 2.42. The molecular weight excluding hydrogens is 196 g/mol. The van der Waals surface area contributed by atoms with Crippen LogP contribution in [0.25, 0.3) is 0 Å². The smallest absolute Gasteiger partial charge is 0.251 e. The first-order chi connectivity index (χ1) is 7.01. The second-order valence-electron chi connectivity index (χ2n) is 4.17. The Balaban J connectivity index is 2.07. The van der Waals surface area contributed by atoms with Gasteiger partial charge in [0.2, 0.25) is 0 Å². The Morgan fingerprint density at radius 1 is 1.53 bits per heavy atom. The molecule has 0 aromatic rings. The van der Waals surface area contributed by atoms with Crippen LogP contribution in [0.2, 0.25) is 0 Å². The minimum atomic E-state index is -1.42. The molecule has 1 atom stereocenters. The highest BCUT2D eigenvalue weighted by molar-refractivity contribution is 5.93. The van der Waals surface area contributed by atoms with Gasteiger partial charge in [0.15, 0.2) is 11.4 Å². The number of amides is 1. The van der Waals surface area contributed by atoms with Gasteiger partial charge in [-0.2, -0.15) is 0 Å². The molecule has 2 aliphatic rings. The van der Waals surface area contributed by atoms with Gasteiger partial charge in [-0.3, -0.25) is 9.59 Å². The highest BCUT2D eigenvalue weighted by atomic mass is 16.3. The molecule has 1 amide bonds. The summed E-state index contributed by atoms with van der Waals surface area (Å²) in [6.07, 6.45) is 3.16. The Bertz CT molecular complexity index is 351. The molecule has 0 aromatic heterocycles. The molecule has 5 nitrogen and oxygen atoms in total. The molecule has 1 heterocycles. The predicted molar refractivity (Wildman–Crippen MR) is 52.7 cm³/mol. The van der Waals surface area contributed by atoms with Crippen LogP contribution < -0.4 is 5.73 Å². The molecule has 3 N–H and O–H groups in total. The van der Waals surface area contributed by atoms with Gasteiger partial charge in [-0.1, -0.05) is 0 Å². The van der Waals surface area contributed by atoms with Gasteiger partial charge in [-0.05, 0) is 6.42 Å². The van der Waals surface area contributed by atoms with E-state index < -0.39 is 11.5 Å². The Hall–Kier alpha value is -1.36. The van der Waals surface area contributed by atoms with Gasteiger partial charge < -0.3 is 15.7 Å². The molecule has 15 heavy (non-hydrogen) atoms. The first kappa shape index (κ1) is 10.2. The zero-order valence-corrected chi connectivity index (χ0v) is 8.40. The monoisotopic (exact) mass is 210 g/mol. The number of hydrogen-bond donors (Lipinski definition) is 2. The Kier molecular flexibility index (Phi) is 2.26. The number of aliphatic hydroxyl groups is 1. The Morgan fingerprint density at radius 2 is 2.27 bits per heavy atom. The summed E-state index contributed by atoms with van der Waals surface area (Å²) in [5, 5.41) is 9.84. The predicted octanol–water partition coefficient (Wildman–Crippen LogP) is -0.845. The van der Waals surface area contributed by atoms with Gasteiger partial charge in [0, 0.05) is 31.2 Å². The van der Waals surface area contributed by atoms with E-state index in [1.165, 1.54) is 0 Å². The average Bonchev–Trinajstić information content (AvgIpc) is 2.73. The largest absolute Gasteiger partial charge is 0.378 e. The molecule has 82 valence electrons. The number of ketones is 1. The van der Waals surface area contributed by atoms with Crippen molar-refractivity contribution in [3.63, 3.8) is 0 Å². The quantitative estimate of drug-likeness (QED) is 0.622. The topological polar surface area (TPSA) is 83.6 Å². The number of likely N-dealkylation sites (tertiary alicyclic amines) is 1. The standard InChI is InChI=1S/C10H14N2O3/c11-9(14)10(15)3-4-12(6-10)7-1-2-8(13)5-7/h5,15H,1-4,6H2,(H2,11,14). The molecule has 5 heteroatoms. The number of carbonyl (C=O) groups is 2. The van der Waals surface area contributed by atoms with E-state index in [1.54, 1.807) is 6.08 Å². The molecule has 1 fully saturated rings. The normalized spacial score (nSPS) is 30.9. The molecule has 0 saturated carbocycles. The fourth-order valence-corrected chi connectivity index (χ4v) is 2.07. The van der Waals surface area contributed by atoms with Crippen LogP contribution in [0, 0.1) is 0 Å². The summed E-state index contributed by atoms with van der Waals surface area (Å²) in [6, 6.07) is 0. The van der Waals surface area contributed by atoms with Crippen molar-refractivity contribution in [1.82, 2.24) is 4.90 Å². The second kappa shape index (κ2) is 3.34. The van der Waals surface area contributed by atoms with E-state index in [2.05, 4.69) is 0 Å². The second-order valence-corrected chi connectivity index (χ2v) is 4.17. The molecule has 1 saturated heterocycles. The summed E-state index contributed by atoms with van der Waals surface area (Å²) in [5.41, 5.74) is 4.61. The van der Waals surface area contributed by atoms with Crippen LogP contribution in [-0.4, -0.2) is 40.4 Å². The van der Waals surface area contributed by atoms with Gasteiger partial charge in [-0.25, -0.2) is 0 Å². The zero-order chi connectivity index (χ0) is 11.1. The molecule has 2 rings (SSSR count). The van der Waals surface area contributed by atoms with Gasteiger partial charge >= 0.3 is 0 Å². The third-order valence-corrected chi connectivity index (χ3v) is 3.07. The van der Waals surface area contributed by atoms with Crippen LogP contribution in [0.1, 0.15) is 19.3 Å². The number of nitrogens with zero attached hydrogens (tertiary/aromatic N) is 1. The molecule has 0 aromatic carbocycles. The van der Waals surface area contributed by atoms with Crippen molar-refractivity contribution >= 4 is 11.7 Å². The van der Waals surface area contributed by atoms with Crippen molar-refractivity contribution in [3.05, 3.63) is 11.8 Å². The number of allylic oxidation sites excluding steroid dienone is 2. The number of β-amino-alcohol motifs (C(OH)–C–C–N with tert-alkyl or cyclic N) is 1. The zero-order valence-electron chi connectivity index (χ0n) is 8.40. The van der Waals surface area contributed by atoms with E-state index in [0.717, 1.165) is 5.70 Å². The van der Waals surface area contributed by atoms with Crippen LogP contribution in [0.3, 0.4) is 0 Å². The molecule has 1 aliphatic carbocycles. The molecule has 1 unspecified atom stereocenters. The summed E-state index contributed by atoms with van der Waals surface area (Å²) in [4.78, 5) is 23.9. The van der Waals surface area contributed by atoms with Crippen molar-refractivity contribution in [2.24, 2.45) is 5.73 Å². The van der Waals surface area contributed by atoms with Crippen molar-refractivity contribution in [1.29, 1.82) is 0 Å². The van der Waals surface area contributed by atoms with Crippen LogP contribution in [-0.2, 0) is 9.59 Å². The van der Waals surface area contributed by atoms with Crippen LogP contribution in [0.4, 0.5) is 0 Å². The van der Waals surface area contributed by atoms with Crippen LogP contribution in [0.15, 0.2) is 11.8 Å². The molecule has 0 spiro atoms. The third-order valence-electron chi connectivity index (χ3n) is 3.07.